The number of allylic oxidation sites excluding steroid dienone is 2. The number of benzene rings is 1. The summed E-state index contributed by atoms with van der Waals surface area (Å²) >= 11 is 17.5. The molecular formula is C18H20Cl3NO2. The van der Waals surface area contributed by atoms with Gasteiger partial charge in [-0.25, -0.2) is 0 Å². The number of carbonyl (C=O) groups is 1. The Hall–Kier alpha value is -1.16. The molecule has 24 heavy (non-hydrogen) atoms. The van der Waals surface area contributed by atoms with Crippen LogP contribution in [0.15, 0.2) is 48.2 Å². The average Bonchev–Trinajstić information content (AvgIpc) is 2.59. The summed E-state index contributed by atoms with van der Waals surface area (Å²) < 4.78 is 3.12. The lowest BCUT2D eigenvalue weighted by molar-refractivity contribution is -0.128. The summed E-state index contributed by atoms with van der Waals surface area (Å²) in [5, 5.41) is 0. The minimum Gasteiger partial charge on any atom is -0.497 e. The van der Waals surface area contributed by atoms with E-state index in [-0.39, 0.29) is 6.54 Å². The zero-order chi connectivity index (χ0) is 17.7. The zero-order valence-corrected chi connectivity index (χ0v) is 15.8. The Bertz CT molecular complexity index is 633. The van der Waals surface area contributed by atoms with Crippen LogP contribution in [0.1, 0.15) is 31.2 Å². The van der Waals surface area contributed by atoms with E-state index < -0.39 is 9.70 Å². The molecule has 0 saturated carbocycles. The first-order chi connectivity index (χ1) is 11.3. The molecule has 0 spiro atoms. The van der Waals surface area contributed by atoms with Crippen molar-refractivity contribution in [2.75, 3.05) is 7.11 Å². The molecule has 0 N–H and O–H groups in total. The van der Waals surface area contributed by atoms with Crippen molar-refractivity contribution in [1.29, 1.82) is 0 Å². The average molecular weight is 389 g/mol. The third-order valence-electron chi connectivity index (χ3n) is 3.97. The summed E-state index contributed by atoms with van der Waals surface area (Å²) in [6.07, 6.45) is 6.19. The molecule has 1 aliphatic carbocycles. The number of methoxy groups -OCH3 is 1. The van der Waals surface area contributed by atoms with E-state index in [0.29, 0.717) is 5.70 Å². The minimum absolute atomic E-state index is 0.285. The minimum atomic E-state index is -2.02. The number of ether oxygens (including phenoxy) is 1. The fourth-order valence-electron chi connectivity index (χ4n) is 2.63. The number of carbonyl (C=O) groups excluding carboxylic acids is 1. The van der Waals surface area contributed by atoms with Crippen LogP contribution in [0.3, 0.4) is 0 Å². The maximum Gasteiger partial charge on any atom is 0.279 e. The van der Waals surface area contributed by atoms with E-state index in [4.69, 9.17) is 39.5 Å². The molecule has 0 aromatic heterocycles. The van der Waals surface area contributed by atoms with Gasteiger partial charge in [-0.1, -0.05) is 59.6 Å². The third-order valence-corrected chi connectivity index (χ3v) is 4.46. The van der Waals surface area contributed by atoms with Crippen LogP contribution in [-0.4, -0.2) is 21.7 Å². The molecule has 1 amide bonds. The molecule has 0 bridgehead atoms. The van der Waals surface area contributed by atoms with Gasteiger partial charge in [-0.05, 0) is 49.0 Å². The summed E-state index contributed by atoms with van der Waals surface area (Å²) in [6.45, 7) is 4.36. The van der Waals surface area contributed by atoms with Crippen LogP contribution in [0.4, 0.5) is 0 Å². The number of nitrogens with zero attached hydrogens (tertiary/aromatic N) is 1. The molecule has 1 aromatic rings. The molecule has 0 saturated heterocycles. The second kappa shape index (κ2) is 8.28. The lowest BCUT2D eigenvalue weighted by Crippen LogP contribution is -2.38. The van der Waals surface area contributed by atoms with Crippen molar-refractivity contribution >= 4 is 40.7 Å². The second-order valence-electron chi connectivity index (χ2n) is 5.66. The first-order valence-electron chi connectivity index (χ1n) is 7.73. The molecular weight excluding hydrogens is 369 g/mol. The van der Waals surface area contributed by atoms with Crippen LogP contribution in [0.2, 0.25) is 0 Å². The number of hydrogen-bond acceptors (Lipinski definition) is 2. The number of rotatable bonds is 5. The van der Waals surface area contributed by atoms with Gasteiger partial charge >= 0.3 is 0 Å². The summed E-state index contributed by atoms with van der Waals surface area (Å²) in [4.78, 5) is 14.0. The van der Waals surface area contributed by atoms with Crippen molar-refractivity contribution in [3.05, 3.63) is 53.8 Å². The van der Waals surface area contributed by atoms with Gasteiger partial charge in [0.1, 0.15) is 5.75 Å². The maximum absolute atomic E-state index is 12.6. The van der Waals surface area contributed by atoms with E-state index in [1.165, 1.54) is 4.90 Å². The largest absolute Gasteiger partial charge is 0.497 e. The molecule has 0 radical (unpaired) electrons. The molecule has 0 aliphatic heterocycles. The highest BCUT2D eigenvalue weighted by Crippen LogP contribution is 2.34. The van der Waals surface area contributed by atoms with E-state index in [1.807, 2.05) is 24.3 Å². The maximum atomic E-state index is 12.6. The van der Waals surface area contributed by atoms with Gasteiger partial charge in [-0.15, -0.1) is 0 Å². The molecule has 1 aromatic carbocycles. The van der Waals surface area contributed by atoms with Gasteiger partial charge in [-0.2, -0.15) is 0 Å². The van der Waals surface area contributed by atoms with E-state index in [1.54, 1.807) is 7.11 Å². The first-order valence-corrected chi connectivity index (χ1v) is 8.86. The fourth-order valence-corrected chi connectivity index (χ4v) is 2.94. The van der Waals surface area contributed by atoms with Gasteiger partial charge in [-0.3, -0.25) is 4.79 Å². The second-order valence-corrected chi connectivity index (χ2v) is 7.94. The number of halogens is 3. The van der Waals surface area contributed by atoms with Crippen LogP contribution in [0.25, 0.3) is 0 Å². The zero-order valence-electron chi connectivity index (χ0n) is 13.5. The molecule has 3 nitrogen and oxygen atoms in total. The van der Waals surface area contributed by atoms with Gasteiger partial charge in [0.05, 0.1) is 13.7 Å². The van der Waals surface area contributed by atoms with Crippen LogP contribution >= 0.6 is 34.8 Å². The van der Waals surface area contributed by atoms with E-state index >= 15 is 0 Å². The number of amides is 1. The molecule has 0 unspecified atom stereocenters. The van der Waals surface area contributed by atoms with Gasteiger partial charge < -0.3 is 9.64 Å². The normalized spacial score (nSPS) is 14.8. The van der Waals surface area contributed by atoms with Crippen LogP contribution < -0.4 is 4.74 Å². The van der Waals surface area contributed by atoms with Crippen molar-refractivity contribution in [3.63, 3.8) is 0 Å². The van der Waals surface area contributed by atoms with Crippen molar-refractivity contribution in [3.8, 4) is 5.75 Å². The van der Waals surface area contributed by atoms with Gasteiger partial charge in [0.25, 0.3) is 9.70 Å². The lowest BCUT2D eigenvalue weighted by atomic mass is 9.96. The molecule has 130 valence electrons. The quantitative estimate of drug-likeness (QED) is 0.631. The SMILES string of the molecule is C=C(C1=CCCCC1)N(Cc1ccc(OC)cc1)C(=O)C(Cl)(Cl)Cl. The Kier molecular flexibility index (Phi) is 6.62. The summed E-state index contributed by atoms with van der Waals surface area (Å²) in [5.41, 5.74) is 2.54. The standard InChI is InChI=1S/C18H20Cl3NO2/c1-13(15-6-4-3-5-7-15)22(17(23)18(19,20)21)12-14-8-10-16(24-2)11-9-14/h6,8-11H,1,3-5,7,12H2,2H3. The summed E-state index contributed by atoms with van der Waals surface area (Å²) in [6, 6.07) is 7.41. The highest BCUT2D eigenvalue weighted by Gasteiger charge is 2.37. The Balaban J connectivity index is 2.26. The third kappa shape index (κ3) is 4.92. The van der Waals surface area contributed by atoms with Gasteiger partial charge in [0.2, 0.25) is 0 Å². The first kappa shape index (κ1) is 19.2. The molecule has 0 heterocycles. The smallest absolute Gasteiger partial charge is 0.279 e. The molecule has 0 atom stereocenters. The predicted molar refractivity (Wildman–Crippen MR) is 99.5 cm³/mol. The summed E-state index contributed by atoms with van der Waals surface area (Å²) in [7, 11) is 1.60. The van der Waals surface area contributed by atoms with Crippen LogP contribution in [0, 0.1) is 0 Å². The monoisotopic (exact) mass is 387 g/mol. The molecule has 6 heteroatoms. The van der Waals surface area contributed by atoms with Crippen molar-refractivity contribution < 1.29 is 9.53 Å². The van der Waals surface area contributed by atoms with Gasteiger partial charge in [0, 0.05) is 5.70 Å². The number of alkyl halides is 3. The van der Waals surface area contributed by atoms with E-state index in [2.05, 4.69) is 12.7 Å². The topological polar surface area (TPSA) is 29.5 Å². The molecule has 2 rings (SSSR count). The van der Waals surface area contributed by atoms with E-state index in [9.17, 15) is 4.79 Å². The van der Waals surface area contributed by atoms with Crippen molar-refractivity contribution in [2.24, 2.45) is 0 Å². The fraction of sp³-hybridized carbons (Fsp3) is 0.389. The number of hydrogen-bond donors (Lipinski definition) is 0. The Labute approximate surface area is 157 Å². The highest BCUT2D eigenvalue weighted by atomic mass is 35.6. The molecule has 1 aliphatic rings. The van der Waals surface area contributed by atoms with E-state index in [0.717, 1.165) is 42.6 Å². The molecule has 0 fully saturated rings. The van der Waals surface area contributed by atoms with Crippen LogP contribution in [-0.2, 0) is 11.3 Å². The van der Waals surface area contributed by atoms with Crippen molar-refractivity contribution in [1.82, 2.24) is 4.90 Å². The Morgan fingerprint density at radius 3 is 2.42 bits per heavy atom. The Morgan fingerprint density at radius 2 is 1.92 bits per heavy atom. The Morgan fingerprint density at radius 1 is 1.25 bits per heavy atom. The van der Waals surface area contributed by atoms with Crippen LogP contribution in [0.5, 0.6) is 5.75 Å². The highest BCUT2D eigenvalue weighted by molar-refractivity contribution is 6.76. The summed E-state index contributed by atoms with van der Waals surface area (Å²) in [5.74, 6) is 0.145. The van der Waals surface area contributed by atoms with Crippen molar-refractivity contribution in [2.45, 2.75) is 36.0 Å². The predicted octanol–water partition coefficient (Wildman–Crippen LogP) is 5.41. The van der Waals surface area contributed by atoms with Gasteiger partial charge in [0.15, 0.2) is 0 Å². The lowest BCUT2D eigenvalue weighted by Gasteiger charge is -2.30.